The second-order valence-electron chi connectivity index (χ2n) is 2.77. The van der Waals surface area contributed by atoms with E-state index in [-0.39, 0.29) is 5.92 Å². The average Bonchev–Trinajstić information content (AvgIpc) is 2.16. The molecule has 62 valence electrons. The first kappa shape index (κ1) is 8.72. The third-order valence-electron chi connectivity index (χ3n) is 1.97. The van der Waals surface area contributed by atoms with Crippen LogP contribution in [-0.4, -0.2) is 6.29 Å². The molecule has 1 aromatic rings. The number of carbonyl (C=O) groups excluding carboxylic acids is 1. The molecule has 1 aromatic carbocycles. The second-order valence-corrected chi connectivity index (χ2v) is 2.77. The van der Waals surface area contributed by atoms with Crippen LogP contribution in [0.25, 0.3) is 0 Å². The van der Waals surface area contributed by atoms with E-state index in [0.29, 0.717) is 0 Å². The topological polar surface area (TPSA) is 17.1 Å². The number of allylic oxidation sites excluding steroid dienone is 1. The van der Waals surface area contributed by atoms with Crippen molar-refractivity contribution < 1.29 is 4.79 Å². The Morgan fingerprint density at radius 1 is 1.42 bits per heavy atom. The van der Waals surface area contributed by atoms with Crippen LogP contribution in [0, 0.1) is 0 Å². The van der Waals surface area contributed by atoms with Crippen molar-refractivity contribution in [1.29, 1.82) is 0 Å². The van der Waals surface area contributed by atoms with Gasteiger partial charge in [0.25, 0.3) is 0 Å². The molecule has 0 spiro atoms. The minimum Gasteiger partial charge on any atom is -0.298 e. The van der Waals surface area contributed by atoms with Crippen LogP contribution < -0.4 is 0 Å². The summed E-state index contributed by atoms with van der Waals surface area (Å²) in [6.45, 7) is 5.72. The Balaban J connectivity index is 3.12. The maximum Gasteiger partial charge on any atom is 0.150 e. The molecular weight excluding hydrogens is 148 g/mol. The molecule has 0 N–H and O–H groups in total. The molecule has 0 aromatic heterocycles. The van der Waals surface area contributed by atoms with Crippen LogP contribution >= 0.6 is 0 Å². The van der Waals surface area contributed by atoms with Gasteiger partial charge >= 0.3 is 0 Å². The predicted octanol–water partition coefficient (Wildman–Crippen LogP) is 2.79. The van der Waals surface area contributed by atoms with Gasteiger partial charge in [0.15, 0.2) is 0 Å². The van der Waals surface area contributed by atoms with Gasteiger partial charge < -0.3 is 0 Å². The normalized spacial score (nSPS) is 12.1. The Bertz CT molecular complexity index is 289. The molecule has 0 fully saturated rings. The first-order valence-corrected chi connectivity index (χ1v) is 3.96. The van der Waals surface area contributed by atoms with Gasteiger partial charge in [-0.05, 0) is 11.5 Å². The van der Waals surface area contributed by atoms with E-state index in [0.717, 1.165) is 17.4 Å². The molecule has 0 heterocycles. The van der Waals surface area contributed by atoms with Crippen molar-refractivity contribution in [3.8, 4) is 0 Å². The first-order valence-electron chi connectivity index (χ1n) is 3.96. The van der Waals surface area contributed by atoms with Crippen LogP contribution in [0.15, 0.2) is 36.9 Å². The molecule has 0 saturated carbocycles. The van der Waals surface area contributed by atoms with Gasteiger partial charge in [0.2, 0.25) is 0 Å². The summed E-state index contributed by atoms with van der Waals surface area (Å²) in [6.07, 6.45) is 2.72. The number of carbonyl (C=O) groups is 1. The number of hydrogen-bond acceptors (Lipinski definition) is 1. The van der Waals surface area contributed by atoms with Crippen molar-refractivity contribution in [2.45, 2.75) is 12.8 Å². The van der Waals surface area contributed by atoms with Crippen molar-refractivity contribution in [3.05, 3.63) is 48.0 Å². The summed E-state index contributed by atoms with van der Waals surface area (Å²) in [7, 11) is 0. The van der Waals surface area contributed by atoms with Gasteiger partial charge in [-0.1, -0.05) is 37.3 Å². The molecule has 0 aliphatic heterocycles. The summed E-state index contributed by atoms with van der Waals surface area (Å²) in [5, 5.41) is 0. The van der Waals surface area contributed by atoms with E-state index in [2.05, 4.69) is 6.58 Å². The van der Waals surface area contributed by atoms with Gasteiger partial charge in [-0.3, -0.25) is 4.79 Å². The van der Waals surface area contributed by atoms with E-state index < -0.39 is 0 Å². The zero-order chi connectivity index (χ0) is 8.97. The molecule has 0 amide bonds. The highest BCUT2D eigenvalue weighted by Crippen LogP contribution is 2.18. The predicted molar refractivity (Wildman–Crippen MR) is 50.4 cm³/mol. The molecule has 0 radical (unpaired) electrons. The van der Waals surface area contributed by atoms with Crippen LogP contribution in [0.1, 0.15) is 28.8 Å². The van der Waals surface area contributed by atoms with E-state index in [1.807, 2.05) is 37.3 Å². The van der Waals surface area contributed by atoms with E-state index in [1.165, 1.54) is 0 Å². The highest BCUT2D eigenvalue weighted by atomic mass is 16.1. The van der Waals surface area contributed by atoms with Crippen molar-refractivity contribution in [3.63, 3.8) is 0 Å². The Morgan fingerprint density at radius 2 is 2.08 bits per heavy atom. The highest BCUT2D eigenvalue weighted by Gasteiger charge is 2.04. The van der Waals surface area contributed by atoms with Gasteiger partial charge in [-0.25, -0.2) is 0 Å². The van der Waals surface area contributed by atoms with E-state index in [1.54, 1.807) is 0 Å². The minimum atomic E-state index is 0.242. The number of benzene rings is 1. The molecular formula is C11H12O. The Hall–Kier alpha value is -1.37. The summed E-state index contributed by atoms with van der Waals surface area (Å²) in [5.74, 6) is 0.242. The maximum absolute atomic E-state index is 10.6. The molecule has 1 rings (SSSR count). The summed E-state index contributed by atoms with van der Waals surface area (Å²) < 4.78 is 0. The molecule has 1 heteroatoms. The molecule has 1 nitrogen and oxygen atoms in total. The van der Waals surface area contributed by atoms with Crippen molar-refractivity contribution in [2.75, 3.05) is 0 Å². The van der Waals surface area contributed by atoms with Gasteiger partial charge in [0.1, 0.15) is 6.29 Å². The number of hydrogen-bond donors (Lipinski definition) is 0. The fraction of sp³-hybridized carbons (Fsp3) is 0.182. The monoisotopic (exact) mass is 160 g/mol. The lowest BCUT2D eigenvalue weighted by Gasteiger charge is -2.07. The number of rotatable bonds is 3. The fourth-order valence-electron chi connectivity index (χ4n) is 1.16. The summed E-state index contributed by atoms with van der Waals surface area (Å²) in [4.78, 5) is 10.6. The summed E-state index contributed by atoms with van der Waals surface area (Å²) in [6, 6.07) is 7.57. The molecule has 12 heavy (non-hydrogen) atoms. The first-order chi connectivity index (χ1) is 5.79. The smallest absolute Gasteiger partial charge is 0.150 e. The SMILES string of the molecule is C=CC(C)c1ccccc1C=O. The standard InChI is InChI=1S/C11H12O/c1-3-9(2)11-7-5-4-6-10(11)8-12/h3-9H,1H2,2H3. The van der Waals surface area contributed by atoms with Crippen LogP contribution in [0.2, 0.25) is 0 Å². The molecule has 0 bridgehead atoms. The molecule has 1 unspecified atom stereocenters. The lowest BCUT2D eigenvalue weighted by molar-refractivity contribution is 0.112. The maximum atomic E-state index is 10.6. The van der Waals surface area contributed by atoms with E-state index >= 15 is 0 Å². The molecule has 0 aliphatic rings. The number of aldehydes is 1. The fourth-order valence-corrected chi connectivity index (χ4v) is 1.16. The van der Waals surface area contributed by atoms with Crippen molar-refractivity contribution in [2.24, 2.45) is 0 Å². The Labute approximate surface area is 72.7 Å². The van der Waals surface area contributed by atoms with Crippen LogP contribution in [0.5, 0.6) is 0 Å². The van der Waals surface area contributed by atoms with Gasteiger partial charge in [0, 0.05) is 5.56 Å². The zero-order valence-electron chi connectivity index (χ0n) is 7.16. The van der Waals surface area contributed by atoms with Crippen molar-refractivity contribution >= 4 is 6.29 Å². The van der Waals surface area contributed by atoms with Gasteiger partial charge in [-0.15, -0.1) is 6.58 Å². The van der Waals surface area contributed by atoms with E-state index in [4.69, 9.17) is 0 Å². The summed E-state index contributed by atoms with van der Waals surface area (Å²) in [5.41, 5.74) is 1.80. The lowest BCUT2D eigenvalue weighted by atomic mass is 9.97. The third kappa shape index (κ3) is 1.62. The lowest BCUT2D eigenvalue weighted by Crippen LogP contribution is -1.94. The van der Waals surface area contributed by atoms with Crippen molar-refractivity contribution in [1.82, 2.24) is 0 Å². The van der Waals surface area contributed by atoms with Crippen LogP contribution in [-0.2, 0) is 0 Å². The Kier molecular flexibility index (Phi) is 2.81. The van der Waals surface area contributed by atoms with Crippen LogP contribution in [0.3, 0.4) is 0 Å². The molecule has 0 saturated heterocycles. The van der Waals surface area contributed by atoms with E-state index in [9.17, 15) is 4.79 Å². The highest BCUT2D eigenvalue weighted by molar-refractivity contribution is 5.77. The van der Waals surface area contributed by atoms with Crippen LogP contribution in [0.4, 0.5) is 0 Å². The Morgan fingerprint density at radius 3 is 2.67 bits per heavy atom. The third-order valence-corrected chi connectivity index (χ3v) is 1.97. The van der Waals surface area contributed by atoms with Gasteiger partial charge in [-0.2, -0.15) is 0 Å². The van der Waals surface area contributed by atoms with Gasteiger partial charge in [0.05, 0.1) is 0 Å². The molecule has 1 atom stereocenters. The average molecular weight is 160 g/mol. The largest absolute Gasteiger partial charge is 0.298 e. The second kappa shape index (κ2) is 3.86. The molecule has 0 aliphatic carbocycles. The zero-order valence-corrected chi connectivity index (χ0v) is 7.16. The summed E-state index contributed by atoms with van der Waals surface area (Å²) >= 11 is 0. The minimum absolute atomic E-state index is 0.242. The quantitative estimate of drug-likeness (QED) is 0.491.